The molecule has 2 N–H and O–H groups in total. The number of ether oxygens (including phenoxy) is 7. The molecular formula is C24H34O9. The summed E-state index contributed by atoms with van der Waals surface area (Å²) in [5, 5.41) is 21.3. The molecule has 33 heavy (non-hydrogen) atoms. The van der Waals surface area contributed by atoms with Gasteiger partial charge in [-0.25, -0.2) is 0 Å². The second kappa shape index (κ2) is 11.8. The summed E-state index contributed by atoms with van der Waals surface area (Å²) in [6.07, 6.45) is -3.72. The van der Waals surface area contributed by atoms with Gasteiger partial charge in [0, 0.05) is 23.3 Å². The Morgan fingerprint density at radius 2 is 0.758 bits per heavy atom. The Bertz CT molecular complexity index is 838. The van der Waals surface area contributed by atoms with Crippen molar-refractivity contribution >= 4 is 0 Å². The molecule has 0 amide bonds. The van der Waals surface area contributed by atoms with Gasteiger partial charge in [0.25, 0.3) is 0 Å². The molecule has 2 aromatic rings. The molecule has 0 aromatic heterocycles. The van der Waals surface area contributed by atoms with E-state index in [1.165, 1.54) is 42.7 Å². The fourth-order valence-corrected chi connectivity index (χ4v) is 3.60. The Hall–Kier alpha value is -2.88. The van der Waals surface area contributed by atoms with Crippen LogP contribution in [0.3, 0.4) is 0 Å². The summed E-state index contributed by atoms with van der Waals surface area (Å²) in [4.78, 5) is 0. The third-order valence-corrected chi connectivity index (χ3v) is 5.25. The second-order valence-electron chi connectivity index (χ2n) is 7.36. The molecule has 0 unspecified atom stereocenters. The maximum absolute atomic E-state index is 10.7. The quantitative estimate of drug-likeness (QED) is 0.487. The first-order valence-corrected chi connectivity index (χ1v) is 10.4. The van der Waals surface area contributed by atoms with Crippen molar-refractivity contribution in [2.24, 2.45) is 0 Å². The van der Waals surface area contributed by atoms with E-state index in [0.29, 0.717) is 45.6 Å². The van der Waals surface area contributed by atoms with Crippen molar-refractivity contribution in [1.29, 1.82) is 0 Å². The van der Waals surface area contributed by atoms with Crippen molar-refractivity contribution in [3.63, 3.8) is 0 Å². The lowest BCUT2D eigenvalue weighted by Gasteiger charge is -2.31. The lowest BCUT2D eigenvalue weighted by molar-refractivity contribution is -0.114. The number of benzene rings is 2. The van der Waals surface area contributed by atoms with Crippen LogP contribution in [-0.4, -0.2) is 65.1 Å². The first-order valence-electron chi connectivity index (χ1n) is 10.4. The molecule has 2 aromatic carbocycles. The van der Waals surface area contributed by atoms with Gasteiger partial charge >= 0.3 is 0 Å². The van der Waals surface area contributed by atoms with Crippen LogP contribution in [0, 0.1) is 0 Å². The average Bonchev–Trinajstić information content (AvgIpc) is 2.82. The van der Waals surface area contributed by atoms with E-state index in [2.05, 4.69) is 0 Å². The van der Waals surface area contributed by atoms with Crippen LogP contribution in [0.1, 0.15) is 37.2 Å². The van der Waals surface area contributed by atoms with E-state index in [9.17, 15) is 10.2 Å². The number of rotatable bonds is 12. The SMILES string of the molecule is COc1cc(OC)c([C@@H](O[C@@H](c2cc(OC)c(OC)cc2OC)[C@H](C)O)[C@@H](C)O)cc1OC. The van der Waals surface area contributed by atoms with Gasteiger partial charge in [-0.2, -0.15) is 0 Å². The number of hydrogen-bond acceptors (Lipinski definition) is 9. The number of aliphatic hydroxyl groups excluding tert-OH is 2. The minimum Gasteiger partial charge on any atom is -0.496 e. The molecule has 0 aliphatic heterocycles. The molecule has 0 aliphatic carbocycles. The van der Waals surface area contributed by atoms with Crippen LogP contribution in [0.5, 0.6) is 34.5 Å². The fraction of sp³-hybridized carbons (Fsp3) is 0.500. The molecular weight excluding hydrogens is 432 g/mol. The normalized spacial score (nSPS) is 14.6. The van der Waals surface area contributed by atoms with E-state index in [1.54, 1.807) is 38.1 Å². The summed E-state index contributed by atoms with van der Waals surface area (Å²) < 4.78 is 38.9. The second-order valence-corrected chi connectivity index (χ2v) is 7.36. The van der Waals surface area contributed by atoms with E-state index >= 15 is 0 Å². The maximum atomic E-state index is 10.7. The third kappa shape index (κ3) is 5.73. The molecule has 4 atom stereocenters. The van der Waals surface area contributed by atoms with Crippen molar-refractivity contribution in [2.75, 3.05) is 42.7 Å². The largest absolute Gasteiger partial charge is 0.496 e. The first kappa shape index (κ1) is 26.4. The van der Waals surface area contributed by atoms with Gasteiger partial charge in [-0.1, -0.05) is 0 Å². The van der Waals surface area contributed by atoms with Gasteiger partial charge in [0.05, 0.1) is 54.9 Å². The van der Waals surface area contributed by atoms with Crippen molar-refractivity contribution in [3.05, 3.63) is 35.4 Å². The van der Waals surface area contributed by atoms with E-state index < -0.39 is 24.4 Å². The first-order chi connectivity index (χ1) is 15.8. The predicted octanol–water partition coefficient (Wildman–Crippen LogP) is 3.30. The highest BCUT2D eigenvalue weighted by Crippen LogP contribution is 2.44. The molecule has 9 nitrogen and oxygen atoms in total. The van der Waals surface area contributed by atoms with Gasteiger partial charge in [0.2, 0.25) is 0 Å². The van der Waals surface area contributed by atoms with E-state index in [1.807, 2.05) is 0 Å². The standard InChI is InChI=1S/C24H34O9/c1-13(25)23(15-9-19(29-5)21(31-7)11-17(15)27-3)33-24(14(2)26)16-10-20(30-6)22(32-8)12-18(16)28-4/h9-14,23-26H,1-8H3/t13-,14+,23+,24-. The molecule has 184 valence electrons. The van der Waals surface area contributed by atoms with Gasteiger partial charge in [-0.15, -0.1) is 0 Å². The summed E-state index contributed by atoms with van der Waals surface area (Å²) in [5.74, 6) is 2.69. The lowest BCUT2D eigenvalue weighted by atomic mass is 9.99. The Balaban J connectivity index is 2.62. The van der Waals surface area contributed by atoms with Crippen LogP contribution in [0.4, 0.5) is 0 Å². The highest BCUT2D eigenvalue weighted by Gasteiger charge is 2.32. The third-order valence-electron chi connectivity index (χ3n) is 5.25. The Morgan fingerprint density at radius 3 is 1.00 bits per heavy atom. The Labute approximate surface area is 194 Å². The summed E-state index contributed by atoms with van der Waals surface area (Å²) in [7, 11) is 9.08. The summed E-state index contributed by atoms with van der Waals surface area (Å²) in [6, 6.07) is 6.67. The van der Waals surface area contributed by atoms with Crippen LogP contribution >= 0.6 is 0 Å². The summed E-state index contributed by atoms with van der Waals surface area (Å²) in [6.45, 7) is 3.18. The van der Waals surface area contributed by atoms with Crippen molar-refractivity contribution in [1.82, 2.24) is 0 Å². The predicted molar refractivity (Wildman–Crippen MR) is 122 cm³/mol. The Morgan fingerprint density at radius 1 is 0.485 bits per heavy atom. The smallest absolute Gasteiger partial charge is 0.164 e. The van der Waals surface area contributed by atoms with Gasteiger partial charge < -0.3 is 43.4 Å². The fourth-order valence-electron chi connectivity index (χ4n) is 3.60. The lowest BCUT2D eigenvalue weighted by Crippen LogP contribution is -2.26. The van der Waals surface area contributed by atoms with E-state index in [-0.39, 0.29) is 0 Å². The highest BCUT2D eigenvalue weighted by atomic mass is 16.5. The zero-order valence-corrected chi connectivity index (χ0v) is 20.4. The summed E-state index contributed by atoms with van der Waals surface area (Å²) in [5.41, 5.74) is 1.05. The average molecular weight is 467 g/mol. The molecule has 0 saturated heterocycles. The van der Waals surface area contributed by atoms with E-state index in [0.717, 1.165) is 0 Å². The topological polar surface area (TPSA) is 105 Å². The number of aliphatic hydroxyl groups is 2. The van der Waals surface area contributed by atoms with Crippen LogP contribution < -0.4 is 28.4 Å². The molecule has 2 rings (SSSR count). The van der Waals surface area contributed by atoms with Crippen molar-refractivity contribution < 1.29 is 43.4 Å². The van der Waals surface area contributed by atoms with Gasteiger partial charge in [-0.05, 0) is 26.0 Å². The van der Waals surface area contributed by atoms with Crippen LogP contribution in [-0.2, 0) is 4.74 Å². The molecule has 0 saturated carbocycles. The minimum absolute atomic E-state index is 0.433. The highest BCUT2D eigenvalue weighted by molar-refractivity contribution is 5.53. The number of hydrogen-bond donors (Lipinski definition) is 2. The Kier molecular flexibility index (Phi) is 9.45. The van der Waals surface area contributed by atoms with Gasteiger partial charge in [0.1, 0.15) is 23.7 Å². The van der Waals surface area contributed by atoms with Crippen LogP contribution in [0.25, 0.3) is 0 Å². The molecule has 0 heterocycles. The molecule has 9 heteroatoms. The maximum Gasteiger partial charge on any atom is 0.164 e. The van der Waals surface area contributed by atoms with Crippen molar-refractivity contribution in [3.8, 4) is 34.5 Å². The summed E-state index contributed by atoms with van der Waals surface area (Å²) >= 11 is 0. The van der Waals surface area contributed by atoms with Crippen LogP contribution in [0.15, 0.2) is 24.3 Å². The zero-order valence-electron chi connectivity index (χ0n) is 20.4. The molecule has 0 aliphatic rings. The number of methoxy groups -OCH3 is 6. The molecule has 0 fully saturated rings. The monoisotopic (exact) mass is 466 g/mol. The molecule has 0 bridgehead atoms. The molecule has 0 spiro atoms. The van der Waals surface area contributed by atoms with Crippen LogP contribution in [0.2, 0.25) is 0 Å². The van der Waals surface area contributed by atoms with E-state index in [4.69, 9.17) is 33.2 Å². The zero-order chi connectivity index (χ0) is 24.7. The minimum atomic E-state index is -0.968. The van der Waals surface area contributed by atoms with Gasteiger partial charge in [0.15, 0.2) is 23.0 Å². The van der Waals surface area contributed by atoms with Gasteiger partial charge in [-0.3, -0.25) is 0 Å². The molecule has 0 radical (unpaired) electrons. The van der Waals surface area contributed by atoms with Crippen molar-refractivity contribution in [2.45, 2.75) is 38.3 Å².